The first-order valence-electron chi connectivity index (χ1n) is 9.68. The minimum absolute atomic E-state index is 0.104. The molecule has 6 nitrogen and oxygen atoms in total. The van der Waals surface area contributed by atoms with Gasteiger partial charge in [0, 0.05) is 44.9 Å². The third kappa shape index (κ3) is 4.60. The van der Waals surface area contributed by atoms with Crippen LogP contribution in [0.4, 0.5) is 14.5 Å². The van der Waals surface area contributed by atoms with E-state index in [0.717, 1.165) is 56.2 Å². The van der Waals surface area contributed by atoms with Gasteiger partial charge in [0.15, 0.2) is 11.6 Å². The van der Waals surface area contributed by atoms with Gasteiger partial charge >= 0.3 is 0 Å². The van der Waals surface area contributed by atoms with E-state index < -0.39 is 16.6 Å². The van der Waals surface area contributed by atoms with Crippen LogP contribution in [0.1, 0.15) is 24.0 Å². The number of likely N-dealkylation sites (tertiary alicyclic amines) is 1. The van der Waals surface area contributed by atoms with Crippen LogP contribution in [0.25, 0.3) is 0 Å². The number of nitro groups is 1. The van der Waals surface area contributed by atoms with Gasteiger partial charge in [0.05, 0.1) is 10.5 Å². The lowest BCUT2D eigenvalue weighted by Crippen LogP contribution is -2.46. The Morgan fingerprint density at radius 1 is 0.966 bits per heavy atom. The smallest absolute Gasteiger partial charge is 0.269 e. The lowest BCUT2D eigenvalue weighted by atomic mass is 9.91. The van der Waals surface area contributed by atoms with Crippen molar-refractivity contribution in [3.63, 3.8) is 0 Å². The average molecular weight is 403 g/mol. The summed E-state index contributed by atoms with van der Waals surface area (Å²) in [6, 6.07) is 10.7. The number of halogens is 2. The third-order valence-corrected chi connectivity index (χ3v) is 5.78. The third-order valence-electron chi connectivity index (χ3n) is 5.78. The molecule has 154 valence electrons. The summed E-state index contributed by atoms with van der Waals surface area (Å²) in [6.07, 6.45) is 1.79. The number of hydrogen-bond donors (Lipinski definition) is 0. The molecular weight excluding hydrogens is 380 g/mol. The average Bonchev–Trinajstić information content (AvgIpc) is 3.09. The van der Waals surface area contributed by atoms with E-state index in [0.29, 0.717) is 13.3 Å². The number of rotatable bonds is 5. The van der Waals surface area contributed by atoms with Gasteiger partial charge < -0.3 is 4.74 Å². The van der Waals surface area contributed by atoms with Crippen molar-refractivity contribution >= 4 is 5.69 Å². The Bertz CT molecular complexity index is 883. The van der Waals surface area contributed by atoms with Gasteiger partial charge in [0.25, 0.3) is 5.69 Å². The molecule has 2 aliphatic rings. The van der Waals surface area contributed by atoms with Crippen molar-refractivity contribution in [2.24, 2.45) is 0 Å². The molecule has 0 aliphatic carbocycles. The molecule has 0 saturated carbocycles. The van der Waals surface area contributed by atoms with Crippen LogP contribution in [-0.2, 0) is 17.8 Å². The summed E-state index contributed by atoms with van der Waals surface area (Å²) < 4.78 is 32.6. The van der Waals surface area contributed by atoms with Gasteiger partial charge in [0.2, 0.25) is 0 Å². The minimum Gasteiger partial charge on any atom is -0.358 e. The standard InChI is InChI=1S/C21H23F2N3O3/c22-19-6-3-17(11-20(19)23)13-25-14-21(29-15-25)7-9-24(10-8-21)12-16-1-4-18(5-2-16)26(27)28/h1-6,11H,7-10,12-15H2. The van der Waals surface area contributed by atoms with Crippen molar-refractivity contribution in [2.45, 2.75) is 31.5 Å². The van der Waals surface area contributed by atoms with E-state index in [1.54, 1.807) is 18.2 Å². The number of piperidine rings is 1. The molecule has 4 rings (SSSR count). The van der Waals surface area contributed by atoms with E-state index in [9.17, 15) is 18.9 Å². The first-order chi connectivity index (χ1) is 13.9. The maximum absolute atomic E-state index is 13.4. The summed E-state index contributed by atoms with van der Waals surface area (Å²) in [6.45, 7) is 4.32. The van der Waals surface area contributed by atoms with Crippen LogP contribution in [0, 0.1) is 21.7 Å². The van der Waals surface area contributed by atoms with Gasteiger partial charge in [-0.3, -0.25) is 19.9 Å². The summed E-state index contributed by atoms with van der Waals surface area (Å²) in [5, 5.41) is 10.8. The Kier molecular flexibility index (Phi) is 5.58. The van der Waals surface area contributed by atoms with Crippen molar-refractivity contribution < 1.29 is 18.4 Å². The molecule has 0 amide bonds. The Morgan fingerprint density at radius 3 is 2.28 bits per heavy atom. The highest BCUT2D eigenvalue weighted by Gasteiger charge is 2.41. The lowest BCUT2D eigenvalue weighted by molar-refractivity contribution is -0.384. The molecule has 0 radical (unpaired) electrons. The zero-order valence-electron chi connectivity index (χ0n) is 16.0. The summed E-state index contributed by atoms with van der Waals surface area (Å²) in [4.78, 5) is 14.8. The van der Waals surface area contributed by atoms with Crippen LogP contribution in [0.2, 0.25) is 0 Å². The van der Waals surface area contributed by atoms with E-state index >= 15 is 0 Å². The van der Waals surface area contributed by atoms with Gasteiger partial charge in [-0.2, -0.15) is 0 Å². The highest BCUT2D eigenvalue weighted by atomic mass is 19.2. The van der Waals surface area contributed by atoms with Crippen molar-refractivity contribution in [1.29, 1.82) is 0 Å². The molecule has 0 bridgehead atoms. The number of nitrogens with zero attached hydrogens (tertiary/aromatic N) is 3. The molecule has 2 aliphatic heterocycles. The Balaban J connectivity index is 1.28. The van der Waals surface area contributed by atoms with Gasteiger partial charge in [-0.05, 0) is 36.1 Å². The van der Waals surface area contributed by atoms with Crippen LogP contribution >= 0.6 is 0 Å². The molecule has 8 heteroatoms. The minimum atomic E-state index is -0.830. The van der Waals surface area contributed by atoms with E-state index in [1.165, 1.54) is 18.2 Å². The molecular formula is C21H23F2N3O3. The predicted octanol–water partition coefficient (Wildman–Crippen LogP) is 3.70. The Hall–Kier alpha value is -2.42. The first kappa shape index (κ1) is 19.9. The summed E-state index contributed by atoms with van der Waals surface area (Å²) in [5.41, 5.74) is 1.70. The number of ether oxygens (including phenoxy) is 1. The van der Waals surface area contributed by atoms with Gasteiger partial charge in [0.1, 0.15) is 6.73 Å². The fourth-order valence-corrected chi connectivity index (χ4v) is 4.13. The molecule has 2 heterocycles. The number of hydrogen-bond acceptors (Lipinski definition) is 5. The normalized spacial score (nSPS) is 19.7. The van der Waals surface area contributed by atoms with E-state index in [2.05, 4.69) is 9.80 Å². The fraction of sp³-hybridized carbons (Fsp3) is 0.429. The van der Waals surface area contributed by atoms with E-state index in [-0.39, 0.29) is 11.3 Å². The molecule has 1 spiro atoms. The molecule has 2 fully saturated rings. The second-order valence-corrected chi connectivity index (χ2v) is 7.89. The molecule has 0 unspecified atom stereocenters. The Labute approximate surface area is 167 Å². The largest absolute Gasteiger partial charge is 0.358 e. The quantitative estimate of drug-likeness (QED) is 0.563. The topological polar surface area (TPSA) is 58.9 Å². The zero-order chi connectivity index (χ0) is 20.4. The van der Waals surface area contributed by atoms with Gasteiger partial charge in [-0.1, -0.05) is 18.2 Å². The molecule has 0 atom stereocenters. The highest BCUT2D eigenvalue weighted by molar-refractivity contribution is 5.32. The molecule has 29 heavy (non-hydrogen) atoms. The van der Waals surface area contributed by atoms with Gasteiger partial charge in [-0.15, -0.1) is 0 Å². The van der Waals surface area contributed by atoms with Crippen molar-refractivity contribution in [1.82, 2.24) is 9.80 Å². The van der Waals surface area contributed by atoms with Crippen LogP contribution < -0.4 is 0 Å². The van der Waals surface area contributed by atoms with E-state index in [1.807, 2.05) is 0 Å². The fourth-order valence-electron chi connectivity index (χ4n) is 4.13. The zero-order valence-corrected chi connectivity index (χ0v) is 16.0. The van der Waals surface area contributed by atoms with Crippen LogP contribution in [-0.4, -0.2) is 46.7 Å². The highest BCUT2D eigenvalue weighted by Crippen LogP contribution is 2.33. The predicted molar refractivity (Wildman–Crippen MR) is 103 cm³/mol. The Morgan fingerprint density at radius 2 is 1.62 bits per heavy atom. The van der Waals surface area contributed by atoms with Crippen LogP contribution in [0.3, 0.4) is 0 Å². The van der Waals surface area contributed by atoms with E-state index in [4.69, 9.17) is 4.74 Å². The van der Waals surface area contributed by atoms with Crippen molar-refractivity contribution in [3.05, 3.63) is 75.3 Å². The monoisotopic (exact) mass is 403 g/mol. The number of non-ortho nitro benzene ring substituents is 1. The molecule has 2 saturated heterocycles. The first-order valence-corrected chi connectivity index (χ1v) is 9.68. The van der Waals surface area contributed by atoms with Crippen LogP contribution in [0.15, 0.2) is 42.5 Å². The second kappa shape index (κ2) is 8.14. The van der Waals surface area contributed by atoms with Gasteiger partial charge in [-0.25, -0.2) is 8.78 Å². The lowest BCUT2D eigenvalue weighted by Gasteiger charge is -2.38. The SMILES string of the molecule is O=[N+]([O-])c1ccc(CN2CCC3(CC2)CN(Cc2ccc(F)c(F)c2)CO3)cc1. The molecule has 2 aromatic carbocycles. The maximum Gasteiger partial charge on any atom is 0.269 e. The maximum atomic E-state index is 13.4. The second-order valence-electron chi connectivity index (χ2n) is 7.89. The molecule has 2 aromatic rings. The van der Waals surface area contributed by atoms with Crippen molar-refractivity contribution in [2.75, 3.05) is 26.4 Å². The number of benzene rings is 2. The number of nitro benzene ring substituents is 1. The summed E-state index contributed by atoms with van der Waals surface area (Å²) in [7, 11) is 0. The molecule has 0 N–H and O–H groups in total. The summed E-state index contributed by atoms with van der Waals surface area (Å²) in [5.74, 6) is -1.65. The van der Waals surface area contributed by atoms with Crippen molar-refractivity contribution in [3.8, 4) is 0 Å². The van der Waals surface area contributed by atoms with Crippen LogP contribution in [0.5, 0.6) is 0 Å². The summed E-state index contributed by atoms with van der Waals surface area (Å²) >= 11 is 0. The molecule has 0 aromatic heterocycles.